The van der Waals surface area contributed by atoms with Gasteiger partial charge in [0.25, 0.3) is 0 Å². The Hall–Kier alpha value is -1.06. The lowest BCUT2D eigenvalue weighted by Crippen LogP contribution is -2.08. The van der Waals surface area contributed by atoms with Gasteiger partial charge in [0.2, 0.25) is 0 Å². The Kier molecular flexibility index (Phi) is 12.6. The smallest absolute Gasteiger partial charge is 0.305 e. The number of ether oxygens (including phenoxy) is 1. The standard InChI is InChI=1S/C19H35NO3/c1-2-3-17-23-20-18-13-10-8-6-4-5-7-9-11-15-19(21)22-16-12-14-18/h2-17H2,1H3/b20-18+. The SMILES string of the molecule is CCCCO/N=C1\CCCCCCCCCCC(=O)OCCC1. The maximum atomic E-state index is 11.6. The molecule has 1 heterocycles. The molecule has 0 spiro atoms. The van der Waals surface area contributed by atoms with Gasteiger partial charge in [-0.1, -0.05) is 57.0 Å². The van der Waals surface area contributed by atoms with E-state index in [1.807, 2.05) is 0 Å². The van der Waals surface area contributed by atoms with Crippen LogP contribution in [0.3, 0.4) is 0 Å². The number of nitrogens with zero attached hydrogens (tertiary/aromatic N) is 1. The van der Waals surface area contributed by atoms with Crippen LogP contribution in [0.5, 0.6) is 0 Å². The second kappa shape index (κ2) is 14.5. The summed E-state index contributed by atoms with van der Waals surface area (Å²) in [5, 5.41) is 4.32. The highest BCUT2D eigenvalue weighted by molar-refractivity contribution is 5.83. The molecule has 0 atom stereocenters. The largest absolute Gasteiger partial charge is 0.466 e. The number of esters is 1. The van der Waals surface area contributed by atoms with Gasteiger partial charge in [0.1, 0.15) is 6.61 Å². The quantitative estimate of drug-likeness (QED) is 0.395. The van der Waals surface area contributed by atoms with Crippen LogP contribution in [0.1, 0.15) is 96.8 Å². The second-order valence-electron chi connectivity index (χ2n) is 6.50. The van der Waals surface area contributed by atoms with Crippen molar-refractivity contribution in [3.05, 3.63) is 0 Å². The van der Waals surface area contributed by atoms with Crippen molar-refractivity contribution >= 4 is 11.7 Å². The summed E-state index contributed by atoms with van der Waals surface area (Å²) >= 11 is 0. The fourth-order valence-electron chi connectivity index (χ4n) is 2.76. The first kappa shape index (κ1) is 20.0. The van der Waals surface area contributed by atoms with Gasteiger partial charge in [0.05, 0.1) is 12.3 Å². The summed E-state index contributed by atoms with van der Waals surface area (Å²) in [7, 11) is 0. The topological polar surface area (TPSA) is 47.9 Å². The van der Waals surface area contributed by atoms with E-state index in [1.54, 1.807) is 0 Å². The Balaban J connectivity index is 2.37. The number of unbranched alkanes of at least 4 members (excludes halogenated alkanes) is 1. The van der Waals surface area contributed by atoms with Crippen molar-refractivity contribution in [3.8, 4) is 0 Å². The molecule has 0 N–H and O–H groups in total. The van der Waals surface area contributed by atoms with Crippen LogP contribution in [0.2, 0.25) is 0 Å². The Labute approximate surface area is 142 Å². The molecule has 1 saturated heterocycles. The van der Waals surface area contributed by atoms with Crippen molar-refractivity contribution < 1.29 is 14.4 Å². The molecule has 4 nitrogen and oxygen atoms in total. The lowest BCUT2D eigenvalue weighted by atomic mass is 10.0. The number of hydrogen-bond acceptors (Lipinski definition) is 4. The molecule has 23 heavy (non-hydrogen) atoms. The van der Waals surface area contributed by atoms with E-state index in [2.05, 4.69) is 12.1 Å². The van der Waals surface area contributed by atoms with E-state index in [0.717, 1.165) is 50.7 Å². The number of carbonyl (C=O) groups is 1. The monoisotopic (exact) mass is 325 g/mol. The zero-order chi connectivity index (χ0) is 16.6. The van der Waals surface area contributed by atoms with Gasteiger partial charge in [0.15, 0.2) is 0 Å². The van der Waals surface area contributed by atoms with Gasteiger partial charge in [-0.2, -0.15) is 0 Å². The Bertz CT molecular complexity index is 329. The van der Waals surface area contributed by atoms with Gasteiger partial charge < -0.3 is 9.57 Å². The Morgan fingerprint density at radius 2 is 1.52 bits per heavy atom. The first-order chi connectivity index (χ1) is 11.3. The number of hydrogen-bond donors (Lipinski definition) is 0. The first-order valence-corrected chi connectivity index (χ1v) is 9.66. The van der Waals surface area contributed by atoms with E-state index in [9.17, 15) is 4.79 Å². The molecular formula is C19H35NO3. The molecule has 0 aromatic rings. The lowest BCUT2D eigenvalue weighted by Gasteiger charge is -2.09. The summed E-state index contributed by atoms with van der Waals surface area (Å²) in [5.74, 6) is -0.0465. The van der Waals surface area contributed by atoms with Crippen LogP contribution in [-0.2, 0) is 14.4 Å². The second-order valence-corrected chi connectivity index (χ2v) is 6.50. The van der Waals surface area contributed by atoms with Crippen LogP contribution in [0.4, 0.5) is 0 Å². The summed E-state index contributed by atoms with van der Waals surface area (Å²) in [5.41, 5.74) is 1.13. The minimum Gasteiger partial charge on any atom is -0.466 e. The molecule has 1 fully saturated rings. The molecule has 134 valence electrons. The predicted molar refractivity (Wildman–Crippen MR) is 94.7 cm³/mol. The lowest BCUT2D eigenvalue weighted by molar-refractivity contribution is -0.143. The number of rotatable bonds is 4. The molecule has 0 unspecified atom stereocenters. The molecule has 0 aromatic carbocycles. The molecule has 1 rings (SSSR count). The van der Waals surface area contributed by atoms with Crippen LogP contribution in [0.15, 0.2) is 5.16 Å². The van der Waals surface area contributed by atoms with Gasteiger partial charge in [-0.3, -0.25) is 4.79 Å². The van der Waals surface area contributed by atoms with Crippen LogP contribution in [0.25, 0.3) is 0 Å². The van der Waals surface area contributed by atoms with Crippen molar-refractivity contribution in [2.24, 2.45) is 5.16 Å². The number of oxime groups is 1. The summed E-state index contributed by atoms with van der Waals surface area (Å²) < 4.78 is 5.30. The number of carbonyl (C=O) groups excluding carboxylic acids is 1. The molecule has 1 aliphatic rings. The molecule has 4 heteroatoms. The van der Waals surface area contributed by atoms with Crippen molar-refractivity contribution in [1.29, 1.82) is 0 Å². The summed E-state index contributed by atoms with van der Waals surface area (Å²) in [6.07, 6.45) is 15.2. The van der Waals surface area contributed by atoms with Crippen molar-refractivity contribution in [2.75, 3.05) is 13.2 Å². The van der Waals surface area contributed by atoms with E-state index in [4.69, 9.17) is 9.57 Å². The summed E-state index contributed by atoms with van der Waals surface area (Å²) in [6.45, 7) is 3.36. The Morgan fingerprint density at radius 1 is 0.913 bits per heavy atom. The molecular weight excluding hydrogens is 290 g/mol. The van der Waals surface area contributed by atoms with Crippen LogP contribution in [0, 0.1) is 0 Å². The molecule has 0 aromatic heterocycles. The van der Waals surface area contributed by atoms with E-state index >= 15 is 0 Å². The zero-order valence-corrected chi connectivity index (χ0v) is 15.0. The molecule has 0 aliphatic carbocycles. The fraction of sp³-hybridized carbons (Fsp3) is 0.895. The highest BCUT2D eigenvalue weighted by atomic mass is 16.6. The highest BCUT2D eigenvalue weighted by Crippen LogP contribution is 2.13. The third-order valence-electron chi connectivity index (χ3n) is 4.25. The molecule has 0 amide bonds. The van der Waals surface area contributed by atoms with E-state index in [1.165, 1.54) is 38.5 Å². The van der Waals surface area contributed by atoms with Crippen LogP contribution >= 0.6 is 0 Å². The van der Waals surface area contributed by atoms with Gasteiger partial charge in [-0.25, -0.2) is 0 Å². The predicted octanol–water partition coefficient (Wildman–Crippen LogP) is 5.40. The highest BCUT2D eigenvalue weighted by Gasteiger charge is 2.06. The van der Waals surface area contributed by atoms with E-state index in [-0.39, 0.29) is 5.97 Å². The average Bonchev–Trinajstić information content (AvgIpc) is 2.55. The van der Waals surface area contributed by atoms with Crippen LogP contribution < -0.4 is 0 Å². The molecule has 0 saturated carbocycles. The molecule has 0 bridgehead atoms. The fourth-order valence-corrected chi connectivity index (χ4v) is 2.76. The Morgan fingerprint density at radius 3 is 2.22 bits per heavy atom. The van der Waals surface area contributed by atoms with Gasteiger partial charge in [0, 0.05) is 6.42 Å². The van der Waals surface area contributed by atoms with Crippen molar-refractivity contribution in [2.45, 2.75) is 96.8 Å². The minimum atomic E-state index is -0.0465. The van der Waals surface area contributed by atoms with Gasteiger partial charge in [-0.05, 0) is 38.5 Å². The maximum absolute atomic E-state index is 11.6. The first-order valence-electron chi connectivity index (χ1n) is 9.66. The zero-order valence-electron chi connectivity index (χ0n) is 15.0. The summed E-state index contributed by atoms with van der Waals surface area (Å²) in [6, 6.07) is 0. The van der Waals surface area contributed by atoms with Crippen LogP contribution in [-0.4, -0.2) is 24.9 Å². The molecule has 1 aliphatic heterocycles. The molecule has 0 radical (unpaired) electrons. The minimum absolute atomic E-state index is 0.0465. The van der Waals surface area contributed by atoms with Gasteiger partial charge >= 0.3 is 5.97 Å². The average molecular weight is 325 g/mol. The van der Waals surface area contributed by atoms with E-state index in [0.29, 0.717) is 19.6 Å². The van der Waals surface area contributed by atoms with Gasteiger partial charge in [-0.15, -0.1) is 0 Å². The maximum Gasteiger partial charge on any atom is 0.305 e. The third-order valence-corrected chi connectivity index (χ3v) is 4.25. The summed E-state index contributed by atoms with van der Waals surface area (Å²) in [4.78, 5) is 17.0. The van der Waals surface area contributed by atoms with Crippen molar-refractivity contribution in [3.63, 3.8) is 0 Å². The van der Waals surface area contributed by atoms with E-state index < -0.39 is 0 Å². The number of cyclic esters (lactones) is 1. The van der Waals surface area contributed by atoms with Crippen molar-refractivity contribution in [1.82, 2.24) is 0 Å². The normalized spacial score (nSPS) is 21.8. The third kappa shape index (κ3) is 12.1.